The van der Waals surface area contributed by atoms with Crippen molar-refractivity contribution in [2.45, 2.75) is 32.6 Å². The molecule has 1 N–H and O–H groups in total. The Morgan fingerprint density at radius 2 is 1.86 bits per heavy atom. The quantitative estimate of drug-likeness (QED) is 0.313. The number of fused-ring (bicyclic) bond motifs is 2. The van der Waals surface area contributed by atoms with Crippen molar-refractivity contribution in [2.24, 2.45) is 0 Å². The van der Waals surface area contributed by atoms with Crippen LogP contribution in [0.3, 0.4) is 0 Å². The highest BCUT2D eigenvalue weighted by molar-refractivity contribution is 14.1. The van der Waals surface area contributed by atoms with Crippen LogP contribution in [0.15, 0.2) is 48.1 Å². The molecule has 0 fully saturated rings. The maximum Gasteiger partial charge on any atom is 0.143 e. The number of halogens is 1. The summed E-state index contributed by atoms with van der Waals surface area (Å²) in [5.41, 5.74) is 7.80. The van der Waals surface area contributed by atoms with Crippen LogP contribution in [0.25, 0.3) is 21.3 Å². The van der Waals surface area contributed by atoms with Gasteiger partial charge in [0.1, 0.15) is 17.0 Å². The van der Waals surface area contributed by atoms with E-state index in [1.807, 2.05) is 0 Å². The van der Waals surface area contributed by atoms with Gasteiger partial charge < -0.3 is 5.32 Å². The Kier molecular flexibility index (Phi) is 4.80. The first-order valence-electron chi connectivity index (χ1n) is 9.56. The molecule has 5 heteroatoms. The topological polar surface area (TPSA) is 37.8 Å². The maximum absolute atomic E-state index is 4.59. The second kappa shape index (κ2) is 7.44. The van der Waals surface area contributed by atoms with E-state index in [9.17, 15) is 0 Å². The number of rotatable bonds is 3. The number of aryl methyl sites for hydroxylation is 3. The number of benzene rings is 2. The van der Waals surface area contributed by atoms with Crippen LogP contribution in [-0.4, -0.2) is 9.97 Å². The molecule has 0 saturated carbocycles. The van der Waals surface area contributed by atoms with E-state index in [1.165, 1.54) is 57.1 Å². The minimum Gasteiger partial charge on any atom is -0.339 e. The van der Waals surface area contributed by atoms with Crippen LogP contribution in [-0.2, 0) is 12.8 Å². The molecular weight excluding hydrogens is 477 g/mol. The minimum atomic E-state index is 0.878. The van der Waals surface area contributed by atoms with Crippen LogP contribution in [0.4, 0.5) is 11.5 Å². The van der Waals surface area contributed by atoms with Gasteiger partial charge >= 0.3 is 0 Å². The standard InChI is InChI=1S/C23H20IN3S/c1-14-10-18(24)8-9-20(14)27-22-21-19(12-28-23(21)26-13-25-22)17-7-6-15-4-2-3-5-16(15)11-17/h6-13H,2-5H2,1H3,(H,25,26,27). The molecule has 0 saturated heterocycles. The first-order chi connectivity index (χ1) is 13.7. The van der Waals surface area contributed by atoms with E-state index in [0.29, 0.717) is 0 Å². The summed E-state index contributed by atoms with van der Waals surface area (Å²) in [6.45, 7) is 2.13. The Morgan fingerprint density at radius 1 is 1.00 bits per heavy atom. The second-order valence-corrected chi connectivity index (χ2v) is 9.43. The summed E-state index contributed by atoms with van der Waals surface area (Å²) in [5.74, 6) is 0.878. The molecule has 2 aromatic heterocycles. The Bertz CT molecular complexity index is 1180. The average molecular weight is 497 g/mol. The van der Waals surface area contributed by atoms with Gasteiger partial charge in [-0.05, 0) is 95.7 Å². The highest BCUT2D eigenvalue weighted by Gasteiger charge is 2.16. The van der Waals surface area contributed by atoms with E-state index in [2.05, 4.69) is 86.6 Å². The number of hydrogen-bond donors (Lipinski definition) is 1. The lowest BCUT2D eigenvalue weighted by Crippen LogP contribution is -2.02. The van der Waals surface area contributed by atoms with Gasteiger partial charge in [0.05, 0.1) is 5.39 Å². The number of hydrogen-bond acceptors (Lipinski definition) is 4. The second-order valence-electron chi connectivity index (χ2n) is 7.33. The van der Waals surface area contributed by atoms with Crippen molar-refractivity contribution in [3.05, 3.63) is 68.4 Å². The molecule has 4 aromatic rings. The van der Waals surface area contributed by atoms with Crippen molar-refractivity contribution >= 4 is 55.6 Å². The molecule has 0 aliphatic heterocycles. The van der Waals surface area contributed by atoms with Crippen molar-refractivity contribution in [2.75, 3.05) is 5.32 Å². The molecule has 140 valence electrons. The molecule has 1 aliphatic rings. The number of nitrogens with zero attached hydrogens (tertiary/aromatic N) is 2. The van der Waals surface area contributed by atoms with Crippen molar-refractivity contribution in [3.63, 3.8) is 0 Å². The fourth-order valence-corrected chi connectivity index (χ4v) is 5.54. The van der Waals surface area contributed by atoms with E-state index < -0.39 is 0 Å². The Morgan fingerprint density at radius 3 is 2.71 bits per heavy atom. The Balaban J connectivity index is 1.61. The highest BCUT2D eigenvalue weighted by Crippen LogP contribution is 2.39. The van der Waals surface area contributed by atoms with Gasteiger partial charge in [-0.3, -0.25) is 0 Å². The van der Waals surface area contributed by atoms with Crippen LogP contribution >= 0.6 is 33.9 Å². The van der Waals surface area contributed by atoms with Gasteiger partial charge in [-0.1, -0.05) is 18.2 Å². The largest absolute Gasteiger partial charge is 0.339 e. The Labute approximate surface area is 182 Å². The van der Waals surface area contributed by atoms with Gasteiger partial charge in [-0.2, -0.15) is 0 Å². The van der Waals surface area contributed by atoms with Crippen LogP contribution in [0.5, 0.6) is 0 Å². The highest BCUT2D eigenvalue weighted by atomic mass is 127. The summed E-state index contributed by atoms with van der Waals surface area (Å²) in [6.07, 6.45) is 6.66. The molecule has 1 aliphatic carbocycles. The first kappa shape index (κ1) is 18.1. The zero-order valence-corrected chi connectivity index (χ0v) is 18.6. The summed E-state index contributed by atoms with van der Waals surface area (Å²) < 4.78 is 1.23. The lowest BCUT2D eigenvalue weighted by molar-refractivity contribution is 0.686. The molecule has 2 aromatic carbocycles. The van der Waals surface area contributed by atoms with Crippen LogP contribution in [0.1, 0.15) is 29.5 Å². The molecule has 0 unspecified atom stereocenters. The molecule has 0 bridgehead atoms. The molecule has 28 heavy (non-hydrogen) atoms. The van der Waals surface area contributed by atoms with E-state index in [1.54, 1.807) is 17.7 Å². The third-order valence-corrected chi connectivity index (χ3v) is 7.03. The summed E-state index contributed by atoms with van der Waals surface area (Å²) >= 11 is 4.03. The van der Waals surface area contributed by atoms with E-state index in [-0.39, 0.29) is 0 Å². The normalized spacial score (nSPS) is 13.5. The third kappa shape index (κ3) is 3.31. The Hall–Kier alpha value is -1.99. The zero-order valence-electron chi connectivity index (χ0n) is 15.6. The molecule has 5 rings (SSSR count). The van der Waals surface area contributed by atoms with Gasteiger partial charge in [0.2, 0.25) is 0 Å². The zero-order chi connectivity index (χ0) is 19.1. The average Bonchev–Trinajstić information content (AvgIpc) is 3.15. The minimum absolute atomic E-state index is 0.878. The van der Waals surface area contributed by atoms with Crippen molar-refractivity contribution in [1.29, 1.82) is 0 Å². The first-order valence-corrected chi connectivity index (χ1v) is 11.5. The monoisotopic (exact) mass is 497 g/mol. The predicted molar refractivity (Wildman–Crippen MR) is 127 cm³/mol. The molecule has 2 heterocycles. The van der Waals surface area contributed by atoms with Crippen LogP contribution in [0.2, 0.25) is 0 Å². The summed E-state index contributed by atoms with van der Waals surface area (Å²) in [5, 5.41) is 6.88. The number of aromatic nitrogens is 2. The lowest BCUT2D eigenvalue weighted by Gasteiger charge is -2.17. The molecular formula is C23H20IN3S. The molecule has 0 spiro atoms. The van der Waals surface area contributed by atoms with Crippen LogP contribution < -0.4 is 5.32 Å². The molecule has 0 radical (unpaired) electrons. The maximum atomic E-state index is 4.59. The van der Waals surface area contributed by atoms with Gasteiger partial charge in [-0.15, -0.1) is 11.3 Å². The van der Waals surface area contributed by atoms with Gasteiger partial charge in [0.25, 0.3) is 0 Å². The number of nitrogens with one attached hydrogen (secondary N) is 1. The van der Waals surface area contributed by atoms with Crippen molar-refractivity contribution in [3.8, 4) is 11.1 Å². The molecule has 3 nitrogen and oxygen atoms in total. The summed E-state index contributed by atoms with van der Waals surface area (Å²) in [6, 6.07) is 13.4. The molecule has 0 amide bonds. The molecule has 0 atom stereocenters. The van der Waals surface area contributed by atoms with Crippen molar-refractivity contribution in [1.82, 2.24) is 9.97 Å². The van der Waals surface area contributed by atoms with Crippen LogP contribution in [0, 0.1) is 10.5 Å². The lowest BCUT2D eigenvalue weighted by atomic mass is 9.89. The van der Waals surface area contributed by atoms with Crippen molar-refractivity contribution < 1.29 is 0 Å². The van der Waals surface area contributed by atoms with Gasteiger partial charge in [-0.25, -0.2) is 9.97 Å². The summed E-state index contributed by atoms with van der Waals surface area (Å²) in [4.78, 5) is 10.1. The van der Waals surface area contributed by atoms with E-state index in [0.717, 1.165) is 21.7 Å². The summed E-state index contributed by atoms with van der Waals surface area (Å²) in [7, 11) is 0. The third-order valence-electron chi connectivity index (χ3n) is 5.47. The number of thiophene rings is 1. The SMILES string of the molecule is Cc1cc(I)ccc1Nc1ncnc2scc(-c3ccc4c(c3)CCCC4)c12. The van der Waals surface area contributed by atoms with E-state index in [4.69, 9.17) is 0 Å². The van der Waals surface area contributed by atoms with Gasteiger partial charge in [0, 0.05) is 20.2 Å². The number of anilines is 2. The fourth-order valence-electron chi connectivity index (χ4n) is 3.98. The van der Waals surface area contributed by atoms with E-state index >= 15 is 0 Å². The van der Waals surface area contributed by atoms with Gasteiger partial charge in [0.15, 0.2) is 0 Å². The smallest absolute Gasteiger partial charge is 0.143 e. The predicted octanol–water partition coefficient (Wildman–Crippen LogP) is 6.89. The fraction of sp³-hybridized carbons (Fsp3) is 0.217.